The van der Waals surface area contributed by atoms with E-state index in [2.05, 4.69) is 21.2 Å². The van der Waals surface area contributed by atoms with Crippen LogP contribution >= 0.6 is 15.9 Å². The van der Waals surface area contributed by atoms with E-state index in [-0.39, 0.29) is 17.9 Å². The maximum Gasteiger partial charge on any atom is 0.220 e. The number of amides is 1. The average Bonchev–Trinajstić information content (AvgIpc) is 2.23. The first-order valence-electron chi connectivity index (χ1n) is 4.95. The third-order valence-corrected chi connectivity index (χ3v) is 3.48. The van der Waals surface area contributed by atoms with Gasteiger partial charge in [0.1, 0.15) is 0 Å². The summed E-state index contributed by atoms with van der Waals surface area (Å²) in [6.45, 7) is 0.560. The lowest BCUT2D eigenvalue weighted by Crippen LogP contribution is -2.47. The Hall–Kier alpha value is -0.870. The van der Waals surface area contributed by atoms with Gasteiger partial charge in [-0.2, -0.15) is 0 Å². The van der Waals surface area contributed by atoms with Crippen LogP contribution in [0.1, 0.15) is 17.9 Å². The topological polar surface area (TPSA) is 55.1 Å². The standard InChI is InChI=1S/C11H13BrN2O/c12-9-4-2-1-3-7(9)8-5-11(15)14-6-10(8)13/h1-4,8,10H,5-6,13H2,(H,14,15). The van der Waals surface area contributed by atoms with E-state index in [1.165, 1.54) is 0 Å². The molecular weight excluding hydrogens is 256 g/mol. The molecule has 1 aromatic carbocycles. The number of carbonyl (C=O) groups is 1. The molecule has 0 aliphatic carbocycles. The Bertz CT molecular complexity index is 381. The minimum atomic E-state index is 0.00130. The molecule has 3 nitrogen and oxygen atoms in total. The number of rotatable bonds is 1. The maximum absolute atomic E-state index is 11.3. The number of benzene rings is 1. The van der Waals surface area contributed by atoms with Gasteiger partial charge in [0.2, 0.25) is 5.91 Å². The van der Waals surface area contributed by atoms with Gasteiger partial charge in [-0.05, 0) is 11.6 Å². The number of nitrogens with one attached hydrogen (secondary N) is 1. The van der Waals surface area contributed by atoms with Gasteiger partial charge >= 0.3 is 0 Å². The summed E-state index contributed by atoms with van der Waals surface area (Å²) in [5.41, 5.74) is 7.13. The first-order chi connectivity index (χ1) is 7.18. The Labute approximate surface area is 97.2 Å². The molecule has 0 aromatic heterocycles. The van der Waals surface area contributed by atoms with Crippen molar-refractivity contribution < 1.29 is 4.79 Å². The van der Waals surface area contributed by atoms with Crippen molar-refractivity contribution in [3.05, 3.63) is 34.3 Å². The zero-order valence-electron chi connectivity index (χ0n) is 8.24. The lowest BCUT2D eigenvalue weighted by atomic mass is 9.86. The van der Waals surface area contributed by atoms with E-state index in [4.69, 9.17) is 5.73 Å². The molecule has 3 N–H and O–H groups in total. The molecular formula is C11H13BrN2O. The number of carbonyl (C=O) groups excluding carboxylic acids is 1. The maximum atomic E-state index is 11.3. The zero-order valence-corrected chi connectivity index (χ0v) is 9.83. The van der Waals surface area contributed by atoms with Gasteiger partial charge in [-0.15, -0.1) is 0 Å². The third-order valence-electron chi connectivity index (χ3n) is 2.76. The van der Waals surface area contributed by atoms with Crippen LogP contribution in [0.4, 0.5) is 0 Å². The highest BCUT2D eigenvalue weighted by Crippen LogP contribution is 2.30. The highest BCUT2D eigenvalue weighted by Gasteiger charge is 2.28. The molecule has 1 aliphatic heterocycles. The molecule has 1 saturated heterocycles. The number of hydrogen-bond acceptors (Lipinski definition) is 2. The molecule has 0 spiro atoms. The molecule has 0 saturated carbocycles. The van der Waals surface area contributed by atoms with E-state index in [9.17, 15) is 4.79 Å². The molecule has 4 heteroatoms. The Morgan fingerprint density at radius 2 is 2.13 bits per heavy atom. The Morgan fingerprint density at radius 1 is 1.40 bits per heavy atom. The fourth-order valence-corrected chi connectivity index (χ4v) is 2.49. The Morgan fingerprint density at radius 3 is 2.87 bits per heavy atom. The van der Waals surface area contributed by atoms with Crippen molar-refractivity contribution >= 4 is 21.8 Å². The normalized spacial score (nSPS) is 26.1. The predicted octanol–water partition coefficient (Wildman–Crippen LogP) is 1.38. The number of halogens is 1. The van der Waals surface area contributed by atoms with Crippen molar-refractivity contribution in [1.82, 2.24) is 5.32 Å². The van der Waals surface area contributed by atoms with E-state index in [0.717, 1.165) is 10.0 Å². The fourth-order valence-electron chi connectivity index (χ4n) is 1.91. The van der Waals surface area contributed by atoms with Gasteiger partial charge in [-0.1, -0.05) is 34.1 Å². The zero-order chi connectivity index (χ0) is 10.8. The van der Waals surface area contributed by atoms with E-state index in [0.29, 0.717) is 13.0 Å². The molecule has 1 fully saturated rings. The molecule has 15 heavy (non-hydrogen) atoms. The smallest absolute Gasteiger partial charge is 0.220 e. The van der Waals surface area contributed by atoms with Gasteiger partial charge in [0.05, 0.1) is 0 Å². The summed E-state index contributed by atoms with van der Waals surface area (Å²) < 4.78 is 1.03. The van der Waals surface area contributed by atoms with E-state index in [1.54, 1.807) is 0 Å². The Balaban J connectivity index is 2.29. The first-order valence-corrected chi connectivity index (χ1v) is 5.74. The summed E-state index contributed by atoms with van der Waals surface area (Å²) in [6.07, 6.45) is 0.476. The van der Waals surface area contributed by atoms with Gasteiger partial charge in [-0.3, -0.25) is 4.79 Å². The second-order valence-electron chi connectivity index (χ2n) is 3.80. The molecule has 1 heterocycles. The summed E-state index contributed by atoms with van der Waals surface area (Å²) >= 11 is 3.49. The van der Waals surface area contributed by atoms with E-state index in [1.807, 2.05) is 24.3 Å². The SMILES string of the molecule is NC1CNC(=O)CC1c1ccccc1Br. The van der Waals surface area contributed by atoms with Crippen LogP contribution in [0.5, 0.6) is 0 Å². The van der Waals surface area contributed by atoms with Crippen LogP contribution in [0.3, 0.4) is 0 Å². The van der Waals surface area contributed by atoms with Gasteiger partial charge in [-0.25, -0.2) is 0 Å². The molecule has 1 aromatic rings. The monoisotopic (exact) mass is 268 g/mol. The number of piperidine rings is 1. The van der Waals surface area contributed by atoms with Gasteiger partial charge < -0.3 is 11.1 Å². The Kier molecular flexibility index (Phi) is 3.07. The van der Waals surface area contributed by atoms with Crippen LogP contribution in [-0.2, 0) is 4.79 Å². The molecule has 1 amide bonds. The summed E-state index contributed by atoms with van der Waals surface area (Å²) in [5.74, 6) is 0.201. The summed E-state index contributed by atoms with van der Waals surface area (Å²) in [7, 11) is 0. The average molecular weight is 269 g/mol. The first kappa shape index (κ1) is 10.6. The molecule has 2 atom stereocenters. The quantitative estimate of drug-likeness (QED) is 0.809. The van der Waals surface area contributed by atoms with Crippen molar-refractivity contribution in [3.8, 4) is 0 Å². The molecule has 80 valence electrons. The number of nitrogens with two attached hydrogens (primary N) is 1. The molecule has 1 aliphatic rings. The van der Waals surface area contributed by atoms with Crippen LogP contribution < -0.4 is 11.1 Å². The highest BCUT2D eigenvalue weighted by atomic mass is 79.9. The lowest BCUT2D eigenvalue weighted by Gasteiger charge is -2.29. The van der Waals surface area contributed by atoms with Crippen LogP contribution in [0.15, 0.2) is 28.7 Å². The molecule has 2 unspecified atom stereocenters. The second kappa shape index (κ2) is 4.33. The third kappa shape index (κ3) is 2.21. The van der Waals surface area contributed by atoms with Crippen molar-refractivity contribution in [3.63, 3.8) is 0 Å². The van der Waals surface area contributed by atoms with E-state index < -0.39 is 0 Å². The largest absolute Gasteiger partial charge is 0.355 e. The van der Waals surface area contributed by atoms with Crippen molar-refractivity contribution in [2.45, 2.75) is 18.4 Å². The van der Waals surface area contributed by atoms with Gasteiger partial charge in [0.15, 0.2) is 0 Å². The molecule has 0 radical (unpaired) electrons. The number of hydrogen-bond donors (Lipinski definition) is 2. The van der Waals surface area contributed by atoms with Crippen molar-refractivity contribution in [2.24, 2.45) is 5.73 Å². The predicted molar refractivity (Wildman–Crippen MR) is 62.5 cm³/mol. The van der Waals surface area contributed by atoms with Gasteiger partial charge in [0.25, 0.3) is 0 Å². The fraction of sp³-hybridized carbons (Fsp3) is 0.364. The minimum Gasteiger partial charge on any atom is -0.355 e. The minimum absolute atomic E-state index is 0.00130. The van der Waals surface area contributed by atoms with Gasteiger partial charge in [0, 0.05) is 29.4 Å². The van der Waals surface area contributed by atoms with Crippen LogP contribution in [0, 0.1) is 0 Å². The molecule has 2 rings (SSSR count). The highest BCUT2D eigenvalue weighted by molar-refractivity contribution is 9.10. The lowest BCUT2D eigenvalue weighted by molar-refractivity contribution is -0.122. The van der Waals surface area contributed by atoms with Crippen molar-refractivity contribution in [2.75, 3.05) is 6.54 Å². The van der Waals surface area contributed by atoms with Crippen LogP contribution in [-0.4, -0.2) is 18.5 Å². The van der Waals surface area contributed by atoms with Crippen molar-refractivity contribution in [1.29, 1.82) is 0 Å². The molecule has 0 bridgehead atoms. The van der Waals surface area contributed by atoms with E-state index >= 15 is 0 Å². The summed E-state index contributed by atoms with van der Waals surface area (Å²) in [5, 5.41) is 2.77. The summed E-state index contributed by atoms with van der Waals surface area (Å²) in [4.78, 5) is 11.3. The van der Waals surface area contributed by atoms with Crippen LogP contribution in [0.2, 0.25) is 0 Å². The van der Waals surface area contributed by atoms with Crippen LogP contribution in [0.25, 0.3) is 0 Å². The summed E-state index contributed by atoms with van der Waals surface area (Å²) in [6, 6.07) is 7.93. The second-order valence-corrected chi connectivity index (χ2v) is 4.65.